The van der Waals surface area contributed by atoms with Gasteiger partial charge in [-0.2, -0.15) is 0 Å². The Hall–Kier alpha value is -2.18. The van der Waals surface area contributed by atoms with Crippen molar-refractivity contribution in [3.8, 4) is 0 Å². The lowest BCUT2D eigenvalue weighted by molar-refractivity contribution is -0.114. The van der Waals surface area contributed by atoms with Crippen molar-refractivity contribution in [3.05, 3.63) is 51.9 Å². The Morgan fingerprint density at radius 2 is 1.86 bits per heavy atom. The van der Waals surface area contributed by atoms with Crippen LogP contribution in [-0.4, -0.2) is 47.8 Å². The van der Waals surface area contributed by atoms with Gasteiger partial charge in [0.15, 0.2) is 0 Å². The SMILES string of the molecule is CC(=O)Nc1sc2c(c1C(=O)N1CCN(Cc3ccccc3)CC1)CCC(C)C2. The number of piperazine rings is 1. The van der Waals surface area contributed by atoms with Crippen LogP contribution in [0.2, 0.25) is 0 Å². The third kappa shape index (κ3) is 4.54. The number of amides is 2. The van der Waals surface area contributed by atoms with Crippen LogP contribution in [0.4, 0.5) is 5.00 Å². The van der Waals surface area contributed by atoms with E-state index in [1.165, 1.54) is 22.9 Å². The van der Waals surface area contributed by atoms with Crippen LogP contribution in [0.5, 0.6) is 0 Å². The predicted molar refractivity (Wildman–Crippen MR) is 117 cm³/mol. The molecule has 0 spiro atoms. The maximum Gasteiger partial charge on any atom is 0.257 e. The molecule has 4 rings (SSSR count). The fourth-order valence-electron chi connectivity index (χ4n) is 4.33. The molecule has 154 valence electrons. The number of benzene rings is 1. The first-order valence-electron chi connectivity index (χ1n) is 10.5. The summed E-state index contributed by atoms with van der Waals surface area (Å²) < 4.78 is 0. The molecule has 6 heteroatoms. The fraction of sp³-hybridized carbons (Fsp3) is 0.478. The summed E-state index contributed by atoms with van der Waals surface area (Å²) in [4.78, 5) is 30.8. The number of nitrogens with zero attached hydrogens (tertiary/aromatic N) is 2. The normalized spacial score (nSPS) is 19.7. The average Bonchev–Trinajstić information content (AvgIpc) is 3.05. The molecule has 1 atom stereocenters. The highest BCUT2D eigenvalue weighted by molar-refractivity contribution is 7.17. The van der Waals surface area contributed by atoms with E-state index in [9.17, 15) is 9.59 Å². The number of anilines is 1. The number of carbonyl (C=O) groups excluding carboxylic acids is 2. The monoisotopic (exact) mass is 411 g/mol. The molecule has 1 fully saturated rings. The number of nitrogens with one attached hydrogen (secondary N) is 1. The molecule has 1 saturated heterocycles. The van der Waals surface area contributed by atoms with Gasteiger partial charge < -0.3 is 10.2 Å². The minimum Gasteiger partial charge on any atom is -0.336 e. The number of fused-ring (bicyclic) bond motifs is 1. The molecule has 1 unspecified atom stereocenters. The quantitative estimate of drug-likeness (QED) is 0.833. The summed E-state index contributed by atoms with van der Waals surface area (Å²) in [6.07, 6.45) is 3.04. The highest BCUT2D eigenvalue weighted by atomic mass is 32.1. The zero-order valence-corrected chi connectivity index (χ0v) is 18.1. The van der Waals surface area contributed by atoms with E-state index < -0.39 is 0 Å². The summed E-state index contributed by atoms with van der Waals surface area (Å²) in [6, 6.07) is 10.5. The molecule has 2 aromatic rings. The molecule has 0 saturated carbocycles. The Morgan fingerprint density at radius 3 is 2.55 bits per heavy atom. The van der Waals surface area contributed by atoms with Crippen molar-refractivity contribution in [2.75, 3.05) is 31.5 Å². The molecule has 1 aromatic heterocycles. The van der Waals surface area contributed by atoms with Gasteiger partial charge in [-0.1, -0.05) is 37.3 Å². The molecular formula is C23H29N3O2S. The Bertz CT molecular complexity index is 885. The number of thiophene rings is 1. The molecule has 1 aliphatic heterocycles. The largest absolute Gasteiger partial charge is 0.336 e. The molecule has 2 aliphatic rings. The van der Waals surface area contributed by atoms with E-state index >= 15 is 0 Å². The van der Waals surface area contributed by atoms with Crippen LogP contribution in [0.25, 0.3) is 0 Å². The second-order valence-electron chi connectivity index (χ2n) is 8.29. The van der Waals surface area contributed by atoms with Crippen molar-refractivity contribution in [2.24, 2.45) is 5.92 Å². The smallest absolute Gasteiger partial charge is 0.257 e. The third-order valence-electron chi connectivity index (χ3n) is 5.92. The first-order chi connectivity index (χ1) is 14.0. The van der Waals surface area contributed by atoms with Gasteiger partial charge in [0.05, 0.1) is 5.56 Å². The van der Waals surface area contributed by atoms with Crippen molar-refractivity contribution in [1.29, 1.82) is 0 Å². The predicted octanol–water partition coefficient (Wildman–Crippen LogP) is 3.79. The summed E-state index contributed by atoms with van der Waals surface area (Å²) >= 11 is 1.60. The van der Waals surface area contributed by atoms with Gasteiger partial charge in [0.1, 0.15) is 5.00 Å². The molecule has 29 heavy (non-hydrogen) atoms. The number of hydrogen-bond acceptors (Lipinski definition) is 4. The summed E-state index contributed by atoms with van der Waals surface area (Å²) in [5.74, 6) is 0.606. The van der Waals surface area contributed by atoms with Crippen LogP contribution < -0.4 is 5.32 Å². The second-order valence-corrected chi connectivity index (χ2v) is 9.40. The van der Waals surface area contributed by atoms with E-state index in [0.717, 1.165) is 62.6 Å². The van der Waals surface area contributed by atoms with Gasteiger partial charge in [-0.15, -0.1) is 11.3 Å². The Morgan fingerprint density at radius 1 is 1.14 bits per heavy atom. The van der Waals surface area contributed by atoms with Crippen molar-refractivity contribution < 1.29 is 9.59 Å². The van der Waals surface area contributed by atoms with Gasteiger partial charge in [-0.05, 0) is 36.3 Å². The number of rotatable bonds is 4. The standard InChI is InChI=1S/C23H29N3O2S/c1-16-8-9-19-20(14-16)29-22(24-17(2)27)21(19)23(28)26-12-10-25(11-13-26)15-18-6-4-3-5-7-18/h3-7,16H,8-15H2,1-2H3,(H,24,27). The van der Waals surface area contributed by atoms with E-state index in [0.29, 0.717) is 5.92 Å². The lowest BCUT2D eigenvalue weighted by Crippen LogP contribution is -2.48. The van der Waals surface area contributed by atoms with E-state index in [1.807, 2.05) is 11.0 Å². The van der Waals surface area contributed by atoms with Crippen LogP contribution in [0.3, 0.4) is 0 Å². The summed E-state index contributed by atoms with van der Waals surface area (Å²) in [5.41, 5.74) is 3.23. The van der Waals surface area contributed by atoms with Crippen LogP contribution in [0, 0.1) is 5.92 Å². The Balaban J connectivity index is 1.48. The number of carbonyl (C=O) groups is 2. The Labute approximate surface area is 176 Å². The molecule has 1 N–H and O–H groups in total. The topological polar surface area (TPSA) is 52.7 Å². The number of hydrogen-bond donors (Lipinski definition) is 1. The fourth-order valence-corrected chi connectivity index (χ4v) is 5.78. The van der Waals surface area contributed by atoms with Gasteiger partial charge in [0, 0.05) is 44.5 Å². The first kappa shape index (κ1) is 20.1. The zero-order chi connectivity index (χ0) is 20.4. The molecule has 0 bridgehead atoms. The van der Waals surface area contributed by atoms with Crippen LogP contribution >= 0.6 is 11.3 Å². The lowest BCUT2D eigenvalue weighted by atomic mass is 9.88. The molecule has 1 aromatic carbocycles. The second kappa shape index (κ2) is 8.67. The highest BCUT2D eigenvalue weighted by Gasteiger charge is 2.31. The summed E-state index contributed by atoms with van der Waals surface area (Å²) in [6.45, 7) is 7.90. The molecule has 2 amide bonds. The highest BCUT2D eigenvalue weighted by Crippen LogP contribution is 2.40. The minimum absolute atomic E-state index is 0.0835. The maximum atomic E-state index is 13.4. The molecule has 0 radical (unpaired) electrons. The molecule has 2 heterocycles. The summed E-state index contributed by atoms with van der Waals surface area (Å²) in [5, 5.41) is 3.67. The van der Waals surface area contributed by atoms with E-state index in [2.05, 4.69) is 41.4 Å². The molecule has 1 aliphatic carbocycles. The maximum absolute atomic E-state index is 13.4. The van der Waals surface area contributed by atoms with Gasteiger partial charge in [0.2, 0.25) is 5.91 Å². The van der Waals surface area contributed by atoms with Gasteiger partial charge >= 0.3 is 0 Å². The minimum atomic E-state index is -0.113. The zero-order valence-electron chi connectivity index (χ0n) is 17.2. The molecular weight excluding hydrogens is 382 g/mol. The van der Waals surface area contributed by atoms with Gasteiger partial charge in [0.25, 0.3) is 5.91 Å². The van der Waals surface area contributed by atoms with Crippen LogP contribution in [0.1, 0.15) is 46.6 Å². The van der Waals surface area contributed by atoms with Crippen molar-refractivity contribution in [2.45, 2.75) is 39.7 Å². The van der Waals surface area contributed by atoms with Crippen molar-refractivity contribution in [1.82, 2.24) is 9.80 Å². The van der Waals surface area contributed by atoms with Gasteiger partial charge in [-0.25, -0.2) is 0 Å². The van der Waals surface area contributed by atoms with E-state index in [4.69, 9.17) is 0 Å². The van der Waals surface area contributed by atoms with Crippen molar-refractivity contribution >= 4 is 28.2 Å². The average molecular weight is 412 g/mol. The van der Waals surface area contributed by atoms with Gasteiger partial charge in [-0.3, -0.25) is 14.5 Å². The third-order valence-corrected chi connectivity index (χ3v) is 7.09. The lowest BCUT2D eigenvalue weighted by Gasteiger charge is -2.35. The van der Waals surface area contributed by atoms with E-state index in [1.54, 1.807) is 11.3 Å². The van der Waals surface area contributed by atoms with Crippen LogP contribution in [0.15, 0.2) is 30.3 Å². The Kier molecular flexibility index (Phi) is 6.01. The summed E-state index contributed by atoms with van der Waals surface area (Å²) in [7, 11) is 0. The molecule has 5 nitrogen and oxygen atoms in total. The van der Waals surface area contributed by atoms with Crippen molar-refractivity contribution in [3.63, 3.8) is 0 Å². The first-order valence-corrected chi connectivity index (χ1v) is 11.3. The van der Waals surface area contributed by atoms with Crippen LogP contribution in [-0.2, 0) is 24.2 Å². The van der Waals surface area contributed by atoms with E-state index in [-0.39, 0.29) is 11.8 Å².